The van der Waals surface area contributed by atoms with E-state index >= 15 is 0 Å². The van der Waals surface area contributed by atoms with Crippen LogP contribution in [0.25, 0.3) is 0 Å². The van der Waals surface area contributed by atoms with E-state index in [2.05, 4.69) is 9.72 Å². The maximum atomic E-state index is 13.9. The Balaban J connectivity index is 1.85. The van der Waals surface area contributed by atoms with Crippen molar-refractivity contribution in [2.75, 3.05) is 13.1 Å². The van der Waals surface area contributed by atoms with Gasteiger partial charge in [0.05, 0.1) is 24.4 Å². The number of aliphatic hydroxyl groups excluding tert-OH is 1. The van der Waals surface area contributed by atoms with Crippen molar-refractivity contribution in [1.82, 2.24) is 9.29 Å². The molecule has 3 atom stereocenters. The lowest BCUT2D eigenvalue weighted by Gasteiger charge is -2.31. The fraction of sp³-hybridized carbons (Fsp3) is 0.368. The average molecular weight is 491 g/mol. The highest BCUT2D eigenvalue weighted by Gasteiger charge is 2.54. The van der Waals surface area contributed by atoms with Gasteiger partial charge in [-0.1, -0.05) is 0 Å². The summed E-state index contributed by atoms with van der Waals surface area (Å²) in [7, 11) is -4.38. The van der Waals surface area contributed by atoms with Crippen molar-refractivity contribution in [1.29, 1.82) is 5.26 Å². The van der Waals surface area contributed by atoms with Crippen LogP contribution in [0.1, 0.15) is 12.5 Å². The Hall–Kier alpha value is -2.99. The van der Waals surface area contributed by atoms with E-state index < -0.39 is 63.9 Å². The number of β-amino-alcohol motifs (C(OH)–C–C–N with tert-alkyl or cyclic N) is 1. The second-order valence-corrected chi connectivity index (χ2v) is 9.14. The molecule has 1 aromatic carbocycles. The van der Waals surface area contributed by atoms with E-state index in [0.29, 0.717) is 12.3 Å². The smallest absolute Gasteiger partial charge is 0.486 e. The molecule has 0 aliphatic carbocycles. The van der Waals surface area contributed by atoms with Gasteiger partial charge in [0.2, 0.25) is 15.9 Å². The zero-order chi connectivity index (χ0) is 24.6. The minimum Gasteiger partial charge on any atom is -0.486 e. The van der Waals surface area contributed by atoms with E-state index in [-0.39, 0.29) is 11.3 Å². The number of nitrogens with zero attached hydrogens (tertiary/aromatic N) is 3. The summed E-state index contributed by atoms with van der Waals surface area (Å²) >= 11 is 0. The Morgan fingerprint density at radius 1 is 1.33 bits per heavy atom. The molecular formula is C19H17F4N3O6S. The number of ether oxygens (including phenoxy) is 2. The normalized spacial score (nSPS) is 22.5. The summed E-state index contributed by atoms with van der Waals surface area (Å²) < 4.78 is 86.5. The molecule has 14 heteroatoms. The van der Waals surface area contributed by atoms with Crippen molar-refractivity contribution < 1.29 is 45.7 Å². The van der Waals surface area contributed by atoms with Gasteiger partial charge in [0, 0.05) is 18.7 Å². The van der Waals surface area contributed by atoms with Crippen LogP contribution in [0.5, 0.6) is 11.6 Å². The van der Waals surface area contributed by atoms with Crippen LogP contribution in [-0.4, -0.2) is 65.2 Å². The number of halogens is 4. The maximum absolute atomic E-state index is 13.9. The summed E-state index contributed by atoms with van der Waals surface area (Å²) in [4.78, 5) is 2.84. The van der Waals surface area contributed by atoms with Crippen LogP contribution in [0, 0.1) is 17.1 Å². The Bertz CT molecular complexity index is 1170. The third kappa shape index (κ3) is 5.17. The fourth-order valence-corrected chi connectivity index (χ4v) is 4.62. The van der Waals surface area contributed by atoms with Gasteiger partial charge in [-0.2, -0.15) is 9.57 Å². The molecule has 2 N–H and O–H groups in total. The highest BCUT2D eigenvalue weighted by molar-refractivity contribution is 7.89. The molecular weight excluding hydrogens is 474 g/mol. The van der Waals surface area contributed by atoms with Crippen molar-refractivity contribution in [3.63, 3.8) is 0 Å². The predicted molar refractivity (Wildman–Crippen MR) is 102 cm³/mol. The van der Waals surface area contributed by atoms with E-state index in [1.54, 1.807) is 6.07 Å². The molecule has 1 fully saturated rings. The minimum atomic E-state index is -5.01. The number of hydrogen-bond donors (Lipinski definition) is 2. The van der Waals surface area contributed by atoms with Gasteiger partial charge in [0.15, 0.2) is 0 Å². The lowest BCUT2D eigenvalue weighted by atomic mass is 9.94. The predicted octanol–water partition coefficient (Wildman–Crippen LogP) is 1.55. The van der Waals surface area contributed by atoms with Crippen LogP contribution in [-0.2, 0) is 10.0 Å². The lowest BCUT2D eigenvalue weighted by Crippen LogP contribution is -2.53. The van der Waals surface area contributed by atoms with Gasteiger partial charge in [-0.25, -0.2) is 17.8 Å². The van der Waals surface area contributed by atoms with Crippen LogP contribution in [0.4, 0.5) is 17.6 Å². The van der Waals surface area contributed by atoms with Crippen LogP contribution < -0.4 is 9.47 Å². The summed E-state index contributed by atoms with van der Waals surface area (Å²) in [5.74, 6) is -1.89. The van der Waals surface area contributed by atoms with E-state index in [9.17, 15) is 36.2 Å². The number of benzene rings is 1. The van der Waals surface area contributed by atoms with Crippen molar-refractivity contribution in [3.8, 4) is 17.7 Å². The molecule has 0 spiro atoms. The standard InChI is InChI=1S/C19H17F4N3O6S/c1-11(27)18(28)10-26(9-16(18)31-13-3-2-12(7-24)15(20)6-13)33(29,30)14-4-5-17(25-8-14)32-19(21,22)23/h2-6,8,11,16,27-28H,9-10H2,1H3/t11-,16+,18-/m1/s1. The second-order valence-electron chi connectivity index (χ2n) is 7.20. The molecule has 1 saturated heterocycles. The first kappa shape index (κ1) is 24.6. The van der Waals surface area contributed by atoms with E-state index in [4.69, 9.17) is 10.00 Å². The molecule has 9 nitrogen and oxygen atoms in total. The molecule has 0 unspecified atom stereocenters. The van der Waals surface area contributed by atoms with E-state index in [1.165, 1.54) is 13.0 Å². The SMILES string of the molecule is C[C@@H](O)[C@]1(O)CN(S(=O)(=O)c2ccc(OC(F)(F)F)nc2)C[C@@H]1Oc1ccc(C#N)c(F)c1. The molecule has 2 heterocycles. The molecule has 0 saturated carbocycles. The molecule has 1 aliphatic rings. The summed E-state index contributed by atoms with van der Waals surface area (Å²) in [6.45, 7) is 0.0973. The summed E-state index contributed by atoms with van der Waals surface area (Å²) in [5.41, 5.74) is -2.36. The Morgan fingerprint density at radius 2 is 2.03 bits per heavy atom. The topological polar surface area (TPSA) is 133 Å². The number of pyridine rings is 1. The zero-order valence-electron chi connectivity index (χ0n) is 16.8. The zero-order valence-corrected chi connectivity index (χ0v) is 17.6. The first-order valence-electron chi connectivity index (χ1n) is 9.25. The molecule has 0 radical (unpaired) electrons. The number of hydrogen-bond acceptors (Lipinski definition) is 8. The van der Waals surface area contributed by atoms with Gasteiger partial charge in [-0.15, -0.1) is 13.2 Å². The molecule has 0 amide bonds. The first-order valence-corrected chi connectivity index (χ1v) is 10.7. The van der Waals surface area contributed by atoms with Crippen LogP contribution in [0.3, 0.4) is 0 Å². The highest BCUT2D eigenvalue weighted by atomic mass is 32.2. The van der Waals surface area contributed by atoms with Crippen molar-refractivity contribution in [2.24, 2.45) is 0 Å². The molecule has 2 aromatic rings. The monoisotopic (exact) mass is 491 g/mol. The van der Waals surface area contributed by atoms with Crippen LogP contribution in [0.15, 0.2) is 41.4 Å². The number of nitriles is 1. The minimum absolute atomic E-state index is 0.120. The van der Waals surface area contributed by atoms with Gasteiger partial charge in [0.1, 0.15) is 34.2 Å². The lowest BCUT2D eigenvalue weighted by molar-refractivity contribution is -0.276. The molecule has 178 valence electrons. The molecule has 1 aliphatic heterocycles. The average Bonchev–Trinajstić information content (AvgIpc) is 3.06. The van der Waals surface area contributed by atoms with E-state index in [0.717, 1.165) is 22.5 Å². The highest BCUT2D eigenvalue weighted by Crippen LogP contribution is 2.33. The third-order valence-corrected chi connectivity index (χ3v) is 6.78. The summed E-state index contributed by atoms with van der Waals surface area (Å²) in [6.07, 6.45) is -7.18. The van der Waals surface area contributed by atoms with Gasteiger partial charge in [-0.3, -0.25) is 0 Å². The number of sulfonamides is 1. The summed E-state index contributed by atoms with van der Waals surface area (Å²) in [5, 5.41) is 29.8. The second kappa shape index (κ2) is 8.75. The molecule has 1 aromatic heterocycles. The van der Waals surface area contributed by atoms with Crippen molar-refractivity contribution in [2.45, 2.75) is 36.0 Å². The maximum Gasteiger partial charge on any atom is 0.574 e. The fourth-order valence-electron chi connectivity index (χ4n) is 3.19. The first-order chi connectivity index (χ1) is 15.3. The molecule has 0 bridgehead atoms. The number of aliphatic hydroxyl groups is 2. The summed E-state index contributed by atoms with van der Waals surface area (Å²) in [6, 6.07) is 6.43. The van der Waals surface area contributed by atoms with Crippen molar-refractivity contribution >= 4 is 10.0 Å². The molecule has 3 rings (SSSR count). The Kier molecular flexibility index (Phi) is 6.53. The van der Waals surface area contributed by atoms with Crippen molar-refractivity contribution in [3.05, 3.63) is 47.9 Å². The quantitative estimate of drug-likeness (QED) is 0.582. The Labute approximate surface area is 185 Å². The number of rotatable bonds is 6. The molecule has 33 heavy (non-hydrogen) atoms. The van der Waals surface area contributed by atoms with Gasteiger partial charge < -0.3 is 19.7 Å². The number of aromatic nitrogens is 1. The Morgan fingerprint density at radius 3 is 2.55 bits per heavy atom. The largest absolute Gasteiger partial charge is 0.574 e. The van der Waals surface area contributed by atoms with Crippen LogP contribution >= 0.6 is 0 Å². The van der Waals surface area contributed by atoms with Crippen LogP contribution in [0.2, 0.25) is 0 Å². The number of alkyl halides is 3. The van der Waals surface area contributed by atoms with E-state index in [1.807, 2.05) is 0 Å². The van der Waals surface area contributed by atoms with Gasteiger partial charge in [0.25, 0.3) is 0 Å². The van der Waals surface area contributed by atoms with Gasteiger partial charge >= 0.3 is 6.36 Å². The van der Waals surface area contributed by atoms with Gasteiger partial charge in [-0.05, 0) is 25.1 Å². The third-order valence-electron chi connectivity index (χ3n) is 4.99.